The standard InChI is InChI=1S/C19H24Cl2N4O/c1-25(2)11-3-8-22-16-7-10-23-18(13-16)19(26)24-9-6-14-4-5-15(20)12-17(14)21/h4-5,7,10,12-13H,3,6,8-9,11H2,1-2H3,(H,22,23)(H,24,26). The van der Waals surface area contributed by atoms with Gasteiger partial charge in [-0.05, 0) is 63.3 Å². The molecule has 1 aromatic heterocycles. The summed E-state index contributed by atoms with van der Waals surface area (Å²) in [7, 11) is 4.10. The van der Waals surface area contributed by atoms with Crippen LogP contribution < -0.4 is 10.6 Å². The first-order chi connectivity index (χ1) is 12.5. The third-order valence-corrected chi connectivity index (χ3v) is 4.39. The van der Waals surface area contributed by atoms with Gasteiger partial charge in [-0.1, -0.05) is 29.3 Å². The number of carbonyl (C=O) groups excluding carboxylic acids is 1. The molecule has 2 rings (SSSR count). The molecule has 0 unspecified atom stereocenters. The molecule has 1 heterocycles. The minimum absolute atomic E-state index is 0.202. The van der Waals surface area contributed by atoms with Crippen LogP contribution in [0.25, 0.3) is 0 Å². The van der Waals surface area contributed by atoms with E-state index in [2.05, 4.69) is 20.5 Å². The lowest BCUT2D eigenvalue weighted by atomic mass is 10.1. The number of nitrogens with one attached hydrogen (secondary N) is 2. The highest BCUT2D eigenvalue weighted by molar-refractivity contribution is 6.35. The van der Waals surface area contributed by atoms with Crippen LogP contribution in [0.3, 0.4) is 0 Å². The van der Waals surface area contributed by atoms with Crippen LogP contribution in [0, 0.1) is 0 Å². The fourth-order valence-electron chi connectivity index (χ4n) is 2.42. The summed E-state index contributed by atoms with van der Waals surface area (Å²) in [6.07, 6.45) is 3.29. The lowest BCUT2D eigenvalue weighted by molar-refractivity contribution is 0.0949. The van der Waals surface area contributed by atoms with Gasteiger partial charge in [0.2, 0.25) is 0 Å². The maximum Gasteiger partial charge on any atom is 0.269 e. The molecule has 2 N–H and O–H groups in total. The number of rotatable bonds is 9. The predicted octanol–water partition coefficient (Wildman–Crippen LogP) is 3.72. The maximum absolute atomic E-state index is 12.3. The van der Waals surface area contributed by atoms with Gasteiger partial charge in [-0.2, -0.15) is 0 Å². The number of carbonyl (C=O) groups is 1. The molecule has 0 aliphatic rings. The highest BCUT2D eigenvalue weighted by atomic mass is 35.5. The van der Waals surface area contributed by atoms with Crippen molar-refractivity contribution in [2.24, 2.45) is 0 Å². The van der Waals surface area contributed by atoms with Crippen LogP contribution in [0.15, 0.2) is 36.5 Å². The van der Waals surface area contributed by atoms with Gasteiger partial charge in [0.1, 0.15) is 5.69 Å². The first-order valence-corrected chi connectivity index (χ1v) is 9.28. The molecule has 0 saturated carbocycles. The molecule has 140 valence electrons. The normalized spacial score (nSPS) is 10.8. The Hall–Kier alpha value is -1.82. The molecule has 0 radical (unpaired) electrons. The fourth-order valence-corrected chi connectivity index (χ4v) is 2.92. The average Bonchev–Trinajstić information content (AvgIpc) is 2.60. The molecule has 0 atom stereocenters. The molecule has 0 bridgehead atoms. The molecule has 0 fully saturated rings. The summed E-state index contributed by atoms with van der Waals surface area (Å²) in [5.74, 6) is -0.202. The number of halogens is 2. The van der Waals surface area contributed by atoms with Gasteiger partial charge in [-0.15, -0.1) is 0 Å². The monoisotopic (exact) mass is 394 g/mol. The maximum atomic E-state index is 12.3. The van der Waals surface area contributed by atoms with E-state index in [-0.39, 0.29) is 5.91 Å². The number of anilines is 1. The number of hydrogen-bond acceptors (Lipinski definition) is 4. The fraction of sp³-hybridized carbons (Fsp3) is 0.368. The Balaban J connectivity index is 1.82. The minimum atomic E-state index is -0.202. The smallest absolute Gasteiger partial charge is 0.269 e. The SMILES string of the molecule is CN(C)CCCNc1ccnc(C(=O)NCCc2ccc(Cl)cc2Cl)c1. The molecule has 7 heteroatoms. The van der Waals surface area contributed by atoms with Gasteiger partial charge in [0.25, 0.3) is 5.91 Å². The van der Waals surface area contributed by atoms with Crippen molar-refractivity contribution in [1.82, 2.24) is 15.2 Å². The van der Waals surface area contributed by atoms with Crippen molar-refractivity contribution in [3.63, 3.8) is 0 Å². The lowest BCUT2D eigenvalue weighted by Crippen LogP contribution is -2.26. The van der Waals surface area contributed by atoms with E-state index in [0.717, 1.165) is 30.8 Å². The van der Waals surface area contributed by atoms with Crippen LogP contribution >= 0.6 is 23.2 Å². The van der Waals surface area contributed by atoms with E-state index in [9.17, 15) is 4.79 Å². The Morgan fingerprint density at radius 2 is 1.96 bits per heavy atom. The van der Waals surface area contributed by atoms with Gasteiger partial charge in [0.05, 0.1) is 0 Å². The van der Waals surface area contributed by atoms with E-state index in [1.165, 1.54) is 0 Å². The molecule has 1 amide bonds. The highest BCUT2D eigenvalue weighted by Crippen LogP contribution is 2.21. The molecular formula is C19H24Cl2N4O. The third kappa shape index (κ3) is 6.83. The van der Waals surface area contributed by atoms with Gasteiger partial charge in [0, 0.05) is 35.0 Å². The third-order valence-electron chi connectivity index (χ3n) is 3.80. The van der Waals surface area contributed by atoms with E-state index >= 15 is 0 Å². The summed E-state index contributed by atoms with van der Waals surface area (Å²) in [6.45, 7) is 2.33. The van der Waals surface area contributed by atoms with Crippen molar-refractivity contribution in [1.29, 1.82) is 0 Å². The van der Waals surface area contributed by atoms with Gasteiger partial charge in [-0.3, -0.25) is 9.78 Å². The zero-order valence-electron chi connectivity index (χ0n) is 15.1. The van der Waals surface area contributed by atoms with Gasteiger partial charge in [-0.25, -0.2) is 0 Å². The van der Waals surface area contributed by atoms with E-state index in [1.54, 1.807) is 24.4 Å². The minimum Gasteiger partial charge on any atom is -0.385 e. The first-order valence-electron chi connectivity index (χ1n) is 8.52. The first kappa shape index (κ1) is 20.5. The van der Waals surface area contributed by atoms with E-state index in [4.69, 9.17) is 23.2 Å². The number of nitrogens with zero attached hydrogens (tertiary/aromatic N) is 2. The topological polar surface area (TPSA) is 57.3 Å². The zero-order valence-corrected chi connectivity index (χ0v) is 16.6. The van der Waals surface area contributed by atoms with Crippen molar-refractivity contribution in [2.45, 2.75) is 12.8 Å². The van der Waals surface area contributed by atoms with Crippen LogP contribution in [0.2, 0.25) is 10.0 Å². The Morgan fingerprint density at radius 1 is 1.15 bits per heavy atom. The van der Waals surface area contributed by atoms with Crippen molar-refractivity contribution in [3.05, 3.63) is 57.8 Å². The second-order valence-electron chi connectivity index (χ2n) is 6.25. The van der Waals surface area contributed by atoms with Crippen LogP contribution in [0.4, 0.5) is 5.69 Å². The molecule has 0 saturated heterocycles. The van der Waals surface area contributed by atoms with Gasteiger partial charge in [0.15, 0.2) is 0 Å². The molecular weight excluding hydrogens is 371 g/mol. The summed E-state index contributed by atoms with van der Waals surface area (Å²) in [5.41, 5.74) is 2.23. The molecule has 1 aromatic carbocycles. The lowest BCUT2D eigenvalue weighted by Gasteiger charge is -2.11. The molecule has 5 nitrogen and oxygen atoms in total. The van der Waals surface area contributed by atoms with Crippen molar-refractivity contribution in [3.8, 4) is 0 Å². The highest BCUT2D eigenvalue weighted by Gasteiger charge is 2.08. The summed E-state index contributed by atoms with van der Waals surface area (Å²) in [4.78, 5) is 18.6. The van der Waals surface area contributed by atoms with Crippen LogP contribution in [0.5, 0.6) is 0 Å². The summed E-state index contributed by atoms with van der Waals surface area (Å²) >= 11 is 12.0. The Morgan fingerprint density at radius 3 is 2.69 bits per heavy atom. The van der Waals surface area contributed by atoms with Gasteiger partial charge >= 0.3 is 0 Å². The Kier molecular flexibility index (Phi) is 8.16. The number of amides is 1. The second-order valence-corrected chi connectivity index (χ2v) is 7.10. The second kappa shape index (κ2) is 10.4. The number of aromatic nitrogens is 1. The zero-order chi connectivity index (χ0) is 18.9. The molecule has 0 aliphatic carbocycles. The summed E-state index contributed by atoms with van der Waals surface area (Å²) in [5, 5.41) is 7.39. The quantitative estimate of drug-likeness (QED) is 0.636. The van der Waals surface area contributed by atoms with E-state index < -0.39 is 0 Å². The molecule has 26 heavy (non-hydrogen) atoms. The van der Waals surface area contributed by atoms with Crippen LogP contribution in [-0.2, 0) is 6.42 Å². The summed E-state index contributed by atoms with van der Waals surface area (Å²) in [6, 6.07) is 8.98. The van der Waals surface area contributed by atoms with Crippen molar-refractivity contribution in [2.75, 3.05) is 39.0 Å². The van der Waals surface area contributed by atoms with Crippen molar-refractivity contribution >= 4 is 34.8 Å². The number of benzene rings is 1. The molecule has 2 aromatic rings. The predicted molar refractivity (Wildman–Crippen MR) is 108 cm³/mol. The average molecular weight is 395 g/mol. The molecule has 0 aliphatic heterocycles. The largest absolute Gasteiger partial charge is 0.385 e. The number of hydrogen-bond donors (Lipinski definition) is 2. The Bertz CT molecular complexity index is 737. The van der Waals surface area contributed by atoms with Gasteiger partial charge < -0.3 is 15.5 Å². The van der Waals surface area contributed by atoms with Crippen LogP contribution in [-0.4, -0.2) is 49.5 Å². The van der Waals surface area contributed by atoms with E-state index in [1.807, 2.05) is 26.2 Å². The number of pyridine rings is 1. The van der Waals surface area contributed by atoms with Crippen molar-refractivity contribution < 1.29 is 4.79 Å². The Labute approximate surface area is 164 Å². The molecule has 0 spiro atoms. The summed E-state index contributed by atoms with van der Waals surface area (Å²) < 4.78 is 0. The van der Waals surface area contributed by atoms with Crippen LogP contribution in [0.1, 0.15) is 22.5 Å². The van der Waals surface area contributed by atoms with E-state index in [0.29, 0.717) is 28.7 Å².